The van der Waals surface area contributed by atoms with Gasteiger partial charge in [0.1, 0.15) is 0 Å². The van der Waals surface area contributed by atoms with E-state index >= 15 is 0 Å². The van der Waals surface area contributed by atoms with E-state index in [2.05, 4.69) is 15.9 Å². The standard InChI is InChI=1S/C4H7BrO2/c5-3-1-2-4(6)7/h1-3H2,(H,6,7)/p-1. The van der Waals surface area contributed by atoms with Gasteiger partial charge >= 0.3 is 0 Å². The third-order valence-electron chi connectivity index (χ3n) is 0.515. The fourth-order valence-corrected chi connectivity index (χ4v) is 0.492. The van der Waals surface area contributed by atoms with Crippen LogP contribution in [0.2, 0.25) is 0 Å². The third-order valence-corrected chi connectivity index (χ3v) is 1.08. The highest BCUT2D eigenvalue weighted by molar-refractivity contribution is 9.09. The molecule has 0 amide bonds. The second-order valence-corrected chi connectivity index (χ2v) is 1.96. The smallest absolute Gasteiger partial charge is 0.0414 e. The molecule has 0 bridgehead atoms. The predicted octanol–water partition coefficient (Wildman–Crippen LogP) is -0.0886. The summed E-state index contributed by atoms with van der Waals surface area (Å²) < 4.78 is 0. The van der Waals surface area contributed by atoms with Crippen LogP contribution in [0.25, 0.3) is 0 Å². The first kappa shape index (κ1) is 6.95. The monoisotopic (exact) mass is 165 g/mol. The second-order valence-electron chi connectivity index (χ2n) is 1.16. The van der Waals surface area contributed by atoms with Crippen molar-refractivity contribution in [2.45, 2.75) is 12.8 Å². The number of carboxylic acid groups (broad SMARTS) is 1. The Morgan fingerprint density at radius 3 is 2.43 bits per heavy atom. The van der Waals surface area contributed by atoms with Crippen LogP contribution in [0.15, 0.2) is 0 Å². The van der Waals surface area contributed by atoms with Crippen LogP contribution >= 0.6 is 15.9 Å². The van der Waals surface area contributed by atoms with Gasteiger partial charge in [-0.05, 0) is 12.8 Å². The van der Waals surface area contributed by atoms with E-state index in [0.29, 0.717) is 6.42 Å². The number of aliphatic carboxylic acids is 1. The topological polar surface area (TPSA) is 40.1 Å². The summed E-state index contributed by atoms with van der Waals surface area (Å²) in [5.41, 5.74) is 0. The van der Waals surface area contributed by atoms with E-state index in [-0.39, 0.29) is 6.42 Å². The number of carbonyl (C=O) groups is 1. The summed E-state index contributed by atoms with van der Waals surface area (Å²) in [4.78, 5) is 9.63. The average Bonchev–Trinajstić information content (AvgIpc) is 1.61. The van der Waals surface area contributed by atoms with E-state index in [0.717, 1.165) is 5.33 Å². The maximum Gasteiger partial charge on any atom is 0.0414 e. The number of carboxylic acids is 1. The van der Waals surface area contributed by atoms with Crippen molar-refractivity contribution in [2.75, 3.05) is 5.33 Å². The third kappa shape index (κ3) is 5.95. The molecule has 0 aliphatic carbocycles. The van der Waals surface area contributed by atoms with Crippen molar-refractivity contribution in [2.24, 2.45) is 0 Å². The summed E-state index contributed by atoms with van der Waals surface area (Å²) in [5.74, 6) is -0.973. The van der Waals surface area contributed by atoms with E-state index in [1.165, 1.54) is 0 Å². The van der Waals surface area contributed by atoms with Crippen molar-refractivity contribution in [3.63, 3.8) is 0 Å². The van der Waals surface area contributed by atoms with E-state index in [1.54, 1.807) is 0 Å². The van der Waals surface area contributed by atoms with Crippen molar-refractivity contribution in [1.82, 2.24) is 0 Å². The number of hydrogen-bond donors (Lipinski definition) is 0. The van der Waals surface area contributed by atoms with Gasteiger partial charge in [0, 0.05) is 11.3 Å². The lowest BCUT2D eigenvalue weighted by Crippen LogP contribution is -2.21. The first-order chi connectivity index (χ1) is 3.27. The number of rotatable bonds is 3. The number of carbonyl (C=O) groups excluding carboxylic acids is 1. The summed E-state index contributed by atoms with van der Waals surface area (Å²) in [7, 11) is 0. The van der Waals surface area contributed by atoms with Gasteiger partial charge in [-0.1, -0.05) is 15.9 Å². The molecule has 0 rings (SSSR count). The lowest BCUT2D eigenvalue weighted by atomic mass is 10.3. The maximum atomic E-state index is 9.63. The number of halogens is 1. The normalized spacial score (nSPS) is 8.71. The fraction of sp³-hybridized carbons (Fsp3) is 0.750. The molecule has 0 fully saturated rings. The van der Waals surface area contributed by atoms with Crippen molar-refractivity contribution >= 4 is 21.9 Å². The quantitative estimate of drug-likeness (QED) is 0.549. The summed E-state index contributed by atoms with van der Waals surface area (Å²) in [6.07, 6.45) is 0.813. The van der Waals surface area contributed by atoms with Gasteiger partial charge in [-0.2, -0.15) is 0 Å². The van der Waals surface area contributed by atoms with E-state index in [1.807, 2.05) is 0 Å². The van der Waals surface area contributed by atoms with Crippen LogP contribution in [0.3, 0.4) is 0 Å². The highest BCUT2D eigenvalue weighted by atomic mass is 79.9. The lowest BCUT2D eigenvalue weighted by molar-refractivity contribution is -0.305. The summed E-state index contributed by atoms with van der Waals surface area (Å²) in [5, 5.41) is 10.4. The number of alkyl halides is 1. The van der Waals surface area contributed by atoms with Crippen LogP contribution in [0, 0.1) is 0 Å². The first-order valence-corrected chi connectivity index (χ1v) is 3.15. The molecule has 42 valence electrons. The molecule has 0 atom stereocenters. The molecule has 0 radical (unpaired) electrons. The molecule has 0 aromatic rings. The van der Waals surface area contributed by atoms with Crippen LogP contribution in [0.5, 0.6) is 0 Å². The Balaban J connectivity index is 2.82. The largest absolute Gasteiger partial charge is 0.550 e. The maximum absolute atomic E-state index is 9.63. The highest BCUT2D eigenvalue weighted by Gasteiger charge is 1.81. The van der Waals surface area contributed by atoms with Crippen LogP contribution < -0.4 is 5.11 Å². The molecule has 0 unspecified atom stereocenters. The molecule has 2 nitrogen and oxygen atoms in total. The zero-order valence-electron chi connectivity index (χ0n) is 3.82. The van der Waals surface area contributed by atoms with Gasteiger partial charge in [-0.25, -0.2) is 0 Å². The molecule has 3 heteroatoms. The van der Waals surface area contributed by atoms with Crippen molar-refractivity contribution < 1.29 is 9.90 Å². The molecule has 0 N–H and O–H groups in total. The average molecular weight is 166 g/mol. The Labute approximate surface area is 50.7 Å². The highest BCUT2D eigenvalue weighted by Crippen LogP contribution is 1.90. The Morgan fingerprint density at radius 1 is 1.71 bits per heavy atom. The SMILES string of the molecule is O=C([O-])CCCBr. The molecule has 0 aliphatic rings. The molecular formula is C4H6BrO2-. The van der Waals surface area contributed by atoms with Gasteiger partial charge in [0.25, 0.3) is 0 Å². The molecular weight excluding hydrogens is 160 g/mol. The zero-order chi connectivity index (χ0) is 5.70. The van der Waals surface area contributed by atoms with Crippen LogP contribution in [0.1, 0.15) is 12.8 Å². The van der Waals surface area contributed by atoms with E-state index in [4.69, 9.17) is 0 Å². The minimum absolute atomic E-state index is 0.158. The predicted molar refractivity (Wildman–Crippen MR) is 28.0 cm³/mol. The zero-order valence-corrected chi connectivity index (χ0v) is 5.40. The van der Waals surface area contributed by atoms with Gasteiger partial charge in [0.2, 0.25) is 0 Å². The molecule has 0 aromatic heterocycles. The van der Waals surface area contributed by atoms with Gasteiger partial charge in [0.05, 0.1) is 0 Å². The summed E-state index contributed by atoms with van der Waals surface area (Å²) in [6.45, 7) is 0. The summed E-state index contributed by atoms with van der Waals surface area (Å²) in [6, 6.07) is 0. The fourth-order valence-electron chi connectivity index (χ4n) is 0.211. The minimum atomic E-state index is -0.973. The van der Waals surface area contributed by atoms with Crippen LogP contribution in [-0.4, -0.2) is 11.3 Å². The lowest BCUT2D eigenvalue weighted by Gasteiger charge is -1.94. The van der Waals surface area contributed by atoms with Gasteiger partial charge < -0.3 is 9.90 Å². The Bertz CT molecular complexity index is 62.7. The molecule has 0 saturated heterocycles. The molecule has 0 aromatic carbocycles. The molecule has 7 heavy (non-hydrogen) atoms. The first-order valence-electron chi connectivity index (χ1n) is 2.03. The Kier molecular flexibility index (Phi) is 4.09. The Morgan fingerprint density at radius 2 is 2.29 bits per heavy atom. The van der Waals surface area contributed by atoms with Gasteiger partial charge in [-0.3, -0.25) is 0 Å². The Hall–Kier alpha value is -0.0500. The van der Waals surface area contributed by atoms with E-state index in [9.17, 15) is 9.90 Å². The molecule has 0 spiro atoms. The van der Waals surface area contributed by atoms with Crippen molar-refractivity contribution in [3.8, 4) is 0 Å². The summed E-state index contributed by atoms with van der Waals surface area (Å²) >= 11 is 3.09. The van der Waals surface area contributed by atoms with Gasteiger partial charge in [0.15, 0.2) is 0 Å². The van der Waals surface area contributed by atoms with Gasteiger partial charge in [-0.15, -0.1) is 0 Å². The molecule has 0 saturated carbocycles. The van der Waals surface area contributed by atoms with Crippen LogP contribution in [-0.2, 0) is 4.79 Å². The van der Waals surface area contributed by atoms with E-state index < -0.39 is 5.97 Å². The second kappa shape index (κ2) is 4.12. The molecule has 0 heterocycles. The minimum Gasteiger partial charge on any atom is -0.550 e. The van der Waals surface area contributed by atoms with Crippen molar-refractivity contribution in [3.05, 3.63) is 0 Å². The van der Waals surface area contributed by atoms with Crippen LogP contribution in [0.4, 0.5) is 0 Å². The number of hydrogen-bond acceptors (Lipinski definition) is 2. The van der Waals surface area contributed by atoms with Crippen molar-refractivity contribution in [1.29, 1.82) is 0 Å². The molecule has 0 aliphatic heterocycles.